The first-order valence-corrected chi connectivity index (χ1v) is 15.9. The highest BCUT2D eigenvalue weighted by Gasteiger charge is 2.18. The van der Waals surface area contributed by atoms with Gasteiger partial charge in [0.2, 0.25) is 0 Å². The van der Waals surface area contributed by atoms with Crippen molar-refractivity contribution in [1.82, 2.24) is 0 Å². The normalized spacial score (nSPS) is 10.9. The molecular formula is C41H40O6. The van der Waals surface area contributed by atoms with Crippen LogP contribution in [0.15, 0.2) is 110 Å². The summed E-state index contributed by atoms with van der Waals surface area (Å²) in [6.07, 6.45) is 6.13. The third-order valence-electron chi connectivity index (χ3n) is 8.16. The molecule has 0 aliphatic rings. The Balaban J connectivity index is 1.55. The lowest BCUT2D eigenvalue weighted by Gasteiger charge is -2.19. The van der Waals surface area contributed by atoms with Crippen molar-refractivity contribution in [3.05, 3.63) is 121 Å². The quantitative estimate of drug-likeness (QED) is 0.0498. The van der Waals surface area contributed by atoms with Crippen LogP contribution in [0.5, 0.6) is 11.5 Å². The lowest BCUT2D eigenvalue weighted by molar-refractivity contribution is -0.139. The maximum absolute atomic E-state index is 11.6. The highest BCUT2D eigenvalue weighted by molar-refractivity contribution is 6.21. The van der Waals surface area contributed by atoms with Crippen LogP contribution in [0, 0.1) is 0 Å². The second-order valence-electron chi connectivity index (χ2n) is 11.2. The average Bonchev–Trinajstić information content (AvgIpc) is 3.11. The summed E-state index contributed by atoms with van der Waals surface area (Å²) in [7, 11) is 1.68. The van der Waals surface area contributed by atoms with E-state index in [0.717, 1.165) is 86.5 Å². The van der Waals surface area contributed by atoms with Crippen LogP contribution >= 0.6 is 0 Å². The van der Waals surface area contributed by atoms with E-state index >= 15 is 0 Å². The first kappa shape index (κ1) is 33.0. The van der Waals surface area contributed by atoms with Gasteiger partial charge in [0, 0.05) is 12.2 Å². The number of unbranched alkanes of at least 4 members (excludes halogenated alkanes) is 2. The average molecular weight is 629 g/mol. The van der Waals surface area contributed by atoms with E-state index in [0.29, 0.717) is 13.2 Å². The van der Waals surface area contributed by atoms with E-state index in [1.165, 1.54) is 17.7 Å². The van der Waals surface area contributed by atoms with Gasteiger partial charge in [-0.3, -0.25) is 0 Å². The molecule has 0 aliphatic carbocycles. The van der Waals surface area contributed by atoms with Gasteiger partial charge in [-0.2, -0.15) is 0 Å². The third kappa shape index (κ3) is 7.90. The van der Waals surface area contributed by atoms with Crippen LogP contribution < -0.4 is 9.47 Å². The van der Waals surface area contributed by atoms with Crippen LogP contribution in [-0.4, -0.2) is 32.3 Å². The monoisotopic (exact) mass is 628 g/mol. The molecule has 0 saturated carbocycles. The zero-order valence-electron chi connectivity index (χ0n) is 27.1. The summed E-state index contributed by atoms with van der Waals surface area (Å²) in [4.78, 5) is 22.8. The molecule has 0 aromatic heterocycles. The number of carbonyl (C=O) groups excluding carboxylic acids is 2. The van der Waals surface area contributed by atoms with Gasteiger partial charge in [0.15, 0.2) is 0 Å². The highest BCUT2D eigenvalue weighted by atomic mass is 16.5. The summed E-state index contributed by atoms with van der Waals surface area (Å²) in [6, 6.07) is 29.4. The predicted octanol–water partition coefficient (Wildman–Crippen LogP) is 9.41. The summed E-state index contributed by atoms with van der Waals surface area (Å²) in [5.41, 5.74) is 6.53. The van der Waals surface area contributed by atoms with Crippen molar-refractivity contribution < 1.29 is 28.5 Å². The van der Waals surface area contributed by atoms with Crippen LogP contribution in [0.3, 0.4) is 0 Å². The van der Waals surface area contributed by atoms with E-state index in [1.807, 2.05) is 31.2 Å². The predicted molar refractivity (Wildman–Crippen MR) is 189 cm³/mol. The summed E-state index contributed by atoms with van der Waals surface area (Å²) < 4.78 is 22.0. The van der Waals surface area contributed by atoms with Crippen molar-refractivity contribution in [2.45, 2.75) is 39.2 Å². The number of methoxy groups -OCH3 is 1. The van der Waals surface area contributed by atoms with Gasteiger partial charge in [0.05, 0.1) is 20.3 Å². The number of hydrogen-bond acceptors (Lipinski definition) is 6. The van der Waals surface area contributed by atoms with E-state index in [4.69, 9.17) is 18.9 Å². The van der Waals surface area contributed by atoms with Crippen molar-refractivity contribution in [1.29, 1.82) is 0 Å². The molecule has 6 heteroatoms. The number of ether oxygens (including phenoxy) is 4. The minimum atomic E-state index is -0.448. The van der Waals surface area contributed by atoms with Gasteiger partial charge >= 0.3 is 11.9 Å². The lowest BCUT2D eigenvalue weighted by atomic mass is 9.85. The van der Waals surface area contributed by atoms with Crippen LogP contribution in [0.25, 0.3) is 43.8 Å². The Morgan fingerprint density at radius 1 is 0.638 bits per heavy atom. The number of carbonyl (C=O) groups is 2. The molecule has 5 rings (SSSR count). The molecule has 240 valence electrons. The molecule has 6 nitrogen and oxygen atoms in total. The molecular weight excluding hydrogens is 588 g/mol. The number of aryl methyl sites for hydroxylation is 1. The van der Waals surface area contributed by atoms with Gasteiger partial charge in [-0.1, -0.05) is 73.8 Å². The van der Waals surface area contributed by atoms with Crippen LogP contribution in [0.2, 0.25) is 0 Å². The molecule has 0 radical (unpaired) electrons. The Bertz CT molecular complexity index is 1890. The minimum absolute atomic E-state index is 0.179. The highest BCUT2D eigenvalue weighted by Crippen LogP contribution is 2.45. The fourth-order valence-electron chi connectivity index (χ4n) is 5.85. The second kappa shape index (κ2) is 15.8. The van der Waals surface area contributed by atoms with Crippen molar-refractivity contribution in [3.63, 3.8) is 0 Å². The maximum Gasteiger partial charge on any atom is 0.330 e. The van der Waals surface area contributed by atoms with Gasteiger partial charge in [0.1, 0.15) is 18.1 Å². The van der Waals surface area contributed by atoms with Crippen molar-refractivity contribution in [2.24, 2.45) is 0 Å². The van der Waals surface area contributed by atoms with E-state index in [1.54, 1.807) is 7.11 Å². The molecule has 0 unspecified atom stereocenters. The summed E-state index contributed by atoms with van der Waals surface area (Å²) >= 11 is 0. The molecule has 0 spiro atoms. The summed E-state index contributed by atoms with van der Waals surface area (Å²) in [5, 5.41) is 4.36. The fraction of sp³-hybridized carbons (Fsp3) is 0.220. The molecule has 0 heterocycles. The summed E-state index contributed by atoms with van der Waals surface area (Å²) in [6.45, 7) is 10.1. The topological polar surface area (TPSA) is 71.1 Å². The maximum atomic E-state index is 11.6. The Morgan fingerprint density at radius 2 is 1.19 bits per heavy atom. The smallest absolute Gasteiger partial charge is 0.330 e. The van der Waals surface area contributed by atoms with Crippen molar-refractivity contribution >= 4 is 33.5 Å². The van der Waals surface area contributed by atoms with Gasteiger partial charge in [-0.05, 0) is 112 Å². The molecule has 0 amide bonds. The Kier molecular flexibility index (Phi) is 11.1. The number of benzene rings is 5. The Labute approximate surface area is 276 Å². The van der Waals surface area contributed by atoms with Crippen LogP contribution in [0.4, 0.5) is 0 Å². The van der Waals surface area contributed by atoms with Gasteiger partial charge in [-0.15, -0.1) is 0 Å². The lowest BCUT2D eigenvalue weighted by Crippen LogP contribution is -2.01. The molecule has 5 aromatic rings. The zero-order valence-corrected chi connectivity index (χ0v) is 27.1. The standard InChI is InChI=1S/C41H40O6/c1-5-38(42)46-24-10-8-9-11-28-12-16-30(17-13-28)41-34-22-20-32(44-4)25-36(34)40(35-23-21-33(45-7-3)26-37(35)41)31-18-14-29(15-19-31)27-47-39(43)6-2/h5-6,12-23,25-26H,1-2,7-11,24,27H2,3-4H3. The zero-order chi connectivity index (χ0) is 33.2. The number of esters is 2. The molecule has 0 fully saturated rings. The van der Waals surface area contributed by atoms with E-state index in [9.17, 15) is 9.59 Å². The number of hydrogen-bond donors (Lipinski definition) is 0. The van der Waals surface area contributed by atoms with Gasteiger partial charge in [0.25, 0.3) is 0 Å². The molecule has 0 saturated heterocycles. The van der Waals surface area contributed by atoms with E-state index in [-0.39, 0.29) is 12.6 Å². The second-order valence-corrected chi connectivity index (χ2v) is 11.2. The molecule has 0 aliphatic heterocycles. The number of rotatable bonds is 15. The van der Waals surface area contributed by atoms with E-state index in [2.05, 4.69) is 73.8 Å². The fourth-order valence-corrected chi connectivity index (χ4v) is 5.85. The van der Waals surface area contributed by atoms with Gasteiger partial charge < -0.3 is 18.9 Å². The molecule has 47 heavy (non-hydrogen) atoms. The Hall–Kier alpha value is -5.36. The largest absolute Gasteiger partial charge is 0.497 e. The van der Waals surface area contributed by atoms with Crippen molar-refractivity contribution in [2.75, 3.05) is 20.3 Å². The molecule has 0 N–H and O–H groups in total. The Morgan fingerprint density at radius 3 is 1.77 bits per heavy atom. The van der Waals surface area contributed by atoms with Crippen LogP contribution in [-0.2, 0) is 32.1 Å². The molecule has 0 bridgehead atoms. The first-order chi connectivity index (χ1) is 22.9. The van der Waals surface area contributed by atoms with E-state index < -0.39 is 5.97 Å². The minimum Gasteiger partial charge on any atom is -0.497 e. The van der Waals surface area contributed by atoms with Crippen LogP contribution in [0.1, 0.15) is 37.3 Å². The molecule has 0 atom stereocenters. The SMILES string of the molecule is C=CC(=O)OCCCCCc1ccc(-c2c3ccc(OC)cc3c(-c3ccc(COC(=O)C=C)cc3)c3ccc(OCC)cc23)cc1. The van der Waals surface area contributed by atoms with Gasteiger partial charge in [-0.25, -0.2) is 9.59 Å². The summed E-state index contributed by atoms with van der Waals surface area (Å²) in [5.74, 6) is 0.769. The molecule has 5 aromatic carbocycles. The third-order valence-corrected chi connectivity index (χ3v) is 8.16. The number of fused-ring (bicyclic) bond motifs is 2. The van der Waals surface area contributed by atoms with Crippen molar-refractivity contribution in [3.8, 4) is 33.8 Å². The first-order valence-electron chi connectivity index (χ1n) is 15.9.